The average Bonchev–Trinajstić information content (AvgIpc) is 2.30. The first-order valence-corrected chi connectivity index (χ1v) is 4.29. The van der Waals surface area contributed by atoms with Crippen molar-refractivity contribution in [1.29, 1.82) is 0 Å². The van der Waals surface area contributed by atoms with Crippen molar-refractivity contribution in [2.45, 2.75) is 33.1 Å². The van der Waals surface area contributed by atoms with Gasteiger partial charge in [-0.3, -0.25) is 4.79 Å². The zero-order valence-corrected chi connectivity index (χ0v) is 7.26. The van der Waals surface area contributed by atoms with Crippen molar-refractivity contribution >= 4 is 5.78 Å². The highest BCUT2D eigenvalue weighted by Gasteiger charge is 2.43. The number of Topliss-reactive ketones (excluding diaryl/α,β-unsaturated/α-hetero) is 1. The Morgan fingerprint density at radius 3 is 2.73 bits per heavy atom. The summed E-state index contributed by atoms with van der Waals surface area (Å²) in [5.41, 5.74) is -0.227. The molecule has 0 bridgehead atoms. The van der Waals surface area contributed by atoms with Crippen LogP contribution in [0.1, 0.15) is 33.1 Å². The number of aliphatic hydroxyl groups excluding tert-OH is 1. The minimum Gasteiger partial charge on any atom is -0.396 e. The normalized spacial score (nSPS) is 38.1. The number of carbonyl (C=O) groups is 1. The summed E-state index contributed by atoms with van der Waals surface area (Å²) in [6, 6.07) is 0. The van der Waals surface area contributed by atoms with E-state index in [9.17, 15) is 4.79 Å². The molecule has 2 atom stereocenters. The standard InChI is InChI=1S/C9H16O2/c1-3-9(2)7(6-10)4-5-8(9)11/h7,10H,3-6H2,1-2H3/t7-,9+/m1/s1. The monoisotopic (exact) mass is 156 g/mol. The maximum absolute atomic E-state index is 11.4. The highest BCUT2D eigenvalue weighted by atomic mass is 16.3. The van der Waals surface area contributed by atoms with Crippen molar-refractivity contribution in [2.24, 2.45) is 11.3 Å². The van der Waals surface area contributed by atoms with Crippen LogP contribution >= 0.6 is 0 Å². The number of rotatable bonds is 2. The van der Waals surface area contributed by atoms with E-state index < -0.39 is 0 Å². The summed E-state index contributed by atoms with van der Waals surface area (Å²) in [6.07, 6.45) is 2.40. The molecule has 2 nitrogen and oxygen atoms in total. The molecule has 1 saturated carbocycles. The highest BCUT2D eigenvalue weighted by molar-refractivity contribution is 5.86. The van der Waals surface area contributed by atoms with E-state index in [1.54, 1.807) is 0 Å². The van der Waals surface area contributed by atoms with E-state index in [1.165, 1.54) is 0 Å². The third-order valence-corrected chi connectivity index (χ3v) is 3.21. The van der Waals surface area contributed by atoms with Gasteiger partial charge in [0.2, 0.25) is 0 Å². The number of hydrogen-bond acceptors (Lipinski definition) is 2. The molecule has 1 N–H and O–H groups in total. The van der Waals surface area contributed by atoms with Gasteiger partial charge in [-0.25, -0.2) is 0 Å². The van der Waals surface area contributed by atoms with E-state index in [-0.39, 0.29) is 17.9 Å². The number of aliphatic hydroxyl groups is 1. The van der Waals surface area contributed by atoms with Gasteiger partial charge >= 0.3 is 0 Å². The second-order valence-electron chi connectivity index (χ2n) is 3.61. The number of hydrogen-bond donors (Lipinski definition) is 1. The fraction of sp³-hybridized carbons (Fsp3) is 0.889. The van der Waals surface area contributed by atoms with Gasteiger partial charge in [0.25, 0.3) is 0 Å². The van der Waals surface area contributed by atoms with Gasteiger partial charge in [-0.15, -0.1) is 0 Å². The van der Waals surface area contributed by atoms with Crippen molar-refractivity contribution in [3.8, 4) is 0 Å². The van der Waals surface area contributed by atoms with E-state index in [1.807, 2.05) is 13.8 Å². The van der Waals surface area contributed by atoms with Crippen LogP contribution in [0.3, 0.4) is 0 Å². The first-order chi connectivity index (χ1) is 5.15. The zero-order chi connectivity index (χ0) is 8.48. The largest absolute Gasteiger partial charge is 0.396 e. The number of ketones is 1. The van der Waals surface area contributed by atoms with Gasteiger partial charge in [-0.2, -0.15) is 0 Å². The molecule has 0 aliphatic heterocycles. The molecule has 0 radical (unpaired) electrons. The summed E-state index contributed by atoms with van der Waals surface area (Å²) in [6.45, 7) is 4.16. The Bertz CT molecular complexity index is 165. The van der Waals surface area contributed by atoms with E-state index in [2.05, 4.69) is 0 Å². The molecule has 1 fully saturated rings. The van der Waals surface area contributed by atoms with E-state index in [4.69, 9.17) is 5.11 Å². The molecule has 0 heterocycles. The summed E-state index contributed by atoms with van der Waals surface area (Å²) in [7, 11) is 0. The predicted molar refractivity (Wildman–Crippen MR) is 43.2 cm³/mol. The second kappa shape index (κ2) is 2.94. The molecule has 0 aromatic rings. The van der Waals surface area contributed by atoms with Crippen molar-refractivity contribution in [3.05, 3.63) is 0 Å². The van der Waals surface area contributed by atoms with Crippen molar-refractivity contribution in [2.75, 3.05) is 6.61 Å². The first kappa shape index (κ1) is 8.72. The SMILES string of the molecule is CC[C@]1(C)C(=O)CC[C@@H]1CO. The molecule has 1 aliphatic rings. The third kappa shape index (κ3) is 1.20. The van der Waals surface area contributed by atoms with Crippen LogP contribution in [0, 0.1) is 11.3 Å². The molecular formula is C9H16O2. The summed E-state index contributed by atoms with van der Waals surface area (Å²) in [5.74, 6) is 0.541. The van der Waals surface area contributed by atoms with Crippen molar-refractivity contribution < 1.29 is 9.90 Å². The summed E-state index contributed by atoms with van der Waals surface area (Å²) in [4.78, 5) is 11.4. The minimum absolute atomic E-state index is 0.163. The maximum atomic E-state index is 11.4. The molecule has 1 rings (SSSR count). The van der Waals surface area contributed by atoms with Crippen molar-refractivity contribution in [3.63, 3.8) is 0 Å². The van der Waals surface area contributed by atoms with Crippen LogP contribution < -0.4 is 0 Å². The Kier molecular flexibility index (Phi) is 2.33. The lowest BCUT2D eigenvalue weighted by atomic mass is 9.77. The Hall–Kier alpha value is -0.370. The van der Waals surface area contributed by atoms with E-state index in [0.717, 1.165) is 12.8 Å². The molecule has 0 aromatic carbocycles. The van der Waals surface area contributed by atoms with Crippen LogP contribution in [-0.4, -0.2) is 17.5 Å². The molecule has 0 aromatic heterocycles. The lowest BCUT2D eigenvalue weighted by molar-refractivity contribution is -0.127. The second-order valence-corrected chi connectivity index (χ2v) is 3.61. The van der Waals surface area contributed by atoms with Gasteiger partial charge in [0.15, 0.2) is 0 Å². The first-order valence-electron chi connectivity index (χ1n) is 4.29. The fourth-order valence-corrected chi connectivity index (χ4v) is 1.92. The Balaban J connectivity index is 2.78. The maximum Gasteiger partial charge on any atom is 0.139 e. The summed E-state index contributed by atoms with van der Waals surface area (Å²) in [5, 5.41) is 9.00. The Labute approximate surface area is 67.6 Å². The predicted octanol–water partition coefficient (Wildman–Crippen LogP) is 1.37. The topological polar surface area (TPSA) is 37.3 Å². The van der Waals surface area contributed by atoms with Gasteiger partial charge in [-0.1, -0.05) is 13.8 Å². The van der Waals surface area contributed by atoms with Gasteiger partial charge in [0, 0.05) is 18.4 Å². The van der Waals surface area contributed by atoms with Crippen LogP contribution in [0.15, 0.2) is 0 Å². The van der Waals surface area contributed by atoms with Crippen LogP contribution in [0.4, 0.5) is 0 Å². The minimum atomic E-state index is -0.227. The Morgan fingerprint density at radius 2 is 2.36 bits per heavy atom. The van der Waals surface area contributed by atoms with E-state index >= 15 is 0 Å². The van der Waals surface area contributed by atoms with Crippen LogP contribution in [0.5, 0.6) is 0 Å². The van der Waals surface area contributed by atoms with Crippen LogP contribution in [0.25, 0.3) is 0 Å². The third-order valence-electron chi connectivity index (χ3n) is 3.21. The van der Waals surface area contributed by atoms with Gasteiger partial charge in [-0.05, 0) is 18.8 Å². The average molecular weight is 156 g/mol. The lowest BCUT2D eigenvalue weighted by Crippen LogP contribution is -2.30. The van der Waals surface area contributed by atoms with Crippen LogP contribution in [-0.2, 0) is 4.79 Å². The van der Waals surface area contributed by atoms with E-state index in [0.29, 0.717) is 12.2 Å². The lowest BCUT2D eigenvalue weighted by Gasteiger charge is -2.26. The fourth-order valence-electron chi connectivity index (χ4n) is 1.92. The van der Waals surface area contributed by atoms with Gasteiger partial charge < -0.3 is 5.11 Å². The zero-order valence-electron chi connectivity index (χ0n) is 7.26. The molecular weight excluding hydrogens is 140 g/mol. The summed E-state index contributed by atoms with van der Waals surface area (Å²) >= 11 is 0. The number of carbonyl (C=O) groups excluding carboxylic acids is 1. The molecule has 64 valence electrons. The quantitative estimate of drug-likeness (QED) is 0.655. The molecule has 0 saturated heterocycles. The molecule has 0 spiro atoms. The van der Waals surface area contributed by atoms with Gasteiger partial charge in [0.1, 0.15) is 5.78 Å². The Morgan fingerprint density at radius 1 is 1.73 bits per heavy atom. The molecule has 2 heteroatoms. The highest BCUT2D eigenvalue weighted by Crippen LogP contribution is 2.42. The molecule has 0 amide bonds. The smallest absolute Gasteiger partial charge is 0.139 e. The van der Waals surface area contributed by atoms with Gasteiger partial charge in [0.05, 0.1) is 0 Å². The van der Waals surface area contributed by atoms with Crippen LogP contribution in [0.2, 0.25) is 0 Å². The molecule has 0 unspecified atom stereocenters. The molecule has 11 heavy (non-hydrogen) atoms. The van der Waals surface area contributed by atoms with Crippen molar-refractivity contribution in [1.82, 2.24) is 0 Å². The molecule has 1 aliphatic carbocycles. The summed E-state index contributed by atoms with van der Waals surface area (Å²) < 4.78 is 0.